The molecule has 0 radical (unpaired) electrons. The van der Waals surface area contributed by atoms with Crippen molar-refractivity contribution in [2.75, 3.05) is 26.7 Å². The zero-order chi connectivity index (χ0) is 10.7. The predicted octanol–water partition coefficient (Wildman–Crippen LogP) is 2.42. The Morgan fingerprint density at radius 2 is 2.27 bits per heavy atom. The van der Waals surface area contributed by atoms with E-state index >= 15 is 0 Å². The van der Waals surface area contributed by atoms with Crippen LogP contribution in [0, 0.1) is 0 Å². The third-order valence-corrected chi connectivity index (χ3v) is 3.49. The van der Waals surface area contributed by atoms with Gasteiger partial charge in [0.2, 0.25) is 0 Å². The van der Waals surface area contributed by atoms with E-state index in [0.29, 0.717) is 6.04 Å². The number of benzene rings is 1. The van der Waals surface area contributed by atoms with Crippen LogP contribution < -0.4 is 5.32 Å². The molecule has 0 amide bonds. The molecule has 2 nitrogen and oxygen atoms in total. The van der Waals surface area contributed by atoms with E-state index in [2.05, 4.69) is 57.5 Å². The van der Waals surface area contributed by atoms with E-state index in [-0.39, 0.29) is 0 Å². The van der Waals surface area contributed by atoms with E-state index in [1.165, 1.54) is 16.5 Å². The molecule has 2 rings (SSSR count). The summed E-state index contributed by atoms with van der Waals surface area (Å²) >= 11 is 3.53. The third-order valence-electron chi connectivity index (χ3n) is 3.00. The van der Waals surface area contributed by atoms with Gasteiger partial charge in [-0.15, -0.1) is 0 Å². The van der Waals surface area contributed by atoms with Crippen molar-refractivity contribution in [3.05, 3.63) is 34.3 Å². The van der Waals surface area contributed by atoms with Crippen molar-refractivity contribution >= 4 is 15.9 Å². The molecule has 1 fully saturated rings. The number of nitrogens with one attached hydrogen (secondary N) is 1. The Morgan fingerprint density at radius 1 is 1.40 bits per heavy atom. The lowest BCUT2D eigenvalue weighted by atomic mass is 10.0. The highest BCUT2D eigenvalue weighted by molar-refractivity contribution is 9.10. The average molecular weight is 269 g/mol. The Labute approximate surface area is 99.8 Å². The molecule has 1 aliphatic rings. The van der Waals surface area contributed by atoms with Gasteiger partial charge in [-0.05, 0) is 37.7 Å². The van der Waals surface area contributed by atoms with Crippen molar-refractivity contribution < 1.29 is 0 Å². The van der Waals surface area contributed by atoms with Gasteiger partial charge in [0.25, 0.3) is 0 Å². The molecule has 1 saturated heterocycles. The fourth-order valence-corrected chi connectivity index (χ4v) is 2.55. The smallest absolute Gasteiger partial charge is 0.0358 e. The first-order chi connectivity index (χ1) is 7.27. The second-order valence-electron chi connectivity index (χ2n) is 4.09. The Balaban J connectivity index is 2.20. The van der Waals surface area contributed by atoms with E-state index < -0.39 is 0 Å². The van der Waals surface area contributed by atoms with Crippen LogP contribution >= 0.6 is 15.9 Å². The monoisotopic (exact) mass is 268 g/mol. The first-order valence-corrected chi connectivity index (χ1v) is 6.23. The van der Waals surface area contributed by atoms with Crippen LogP contribution in [0.25, 0.3) is 0 Å². The molecule has 1 unspecified atom stereocenters. The lowest BCUT2D eigenvalue weighted by Gasteiger charge is -2.25. The van der Waals surface area contributed by atoms with Crippen LogP contribution in [0.4, 0.5) is 0 Å². The van der Waals surface area contributed by atoms with Crippen LogP contribution in [0.1, 0.15) is 18.0 Å². The van der Waals surface area contributed by atoms with E-state index in [0.717, 1.165) is 19.6 Å². The molecule has 15 heavy (non-hydrogen) atoms. The molecule has 0 spiro atoms. The van der Waals surface area contributed by atoms with Crippen LogP contribution in [0.3, 0.4) is 0 Å². The van der Waals surface area contributed by atoms with Gasteiger partial charge in [-0.3, -0.25) is 4.90 Å². The molecule has 1 aromatic carbocycles. The normalized spacial score (nSPS) is 23.7. The maximum absolute atomic E-state index is 3.53. The number of hydrogen-bond donors (Lipinski definition) is 1. The molecular formula is C12H17BrN2. The van der Waals surface area contributed by atoms with Crippen LogP contribution in [0.15, 0.2) is 28.7 Å². The first kappa shape index (κ1) is 11.1. The highest BCUT2D eigenvalue weighted by atomic mass is 79.9. The number of hydrogen-bond acceptors (Lipinski definition) is 2. The van der Waals surface area contributed by atoms with Gasteiger partial charge in [0.15, 0.2) is 0 Å². The zero-order valence-electron chi connectivity index (χ0n) is 9.04. The second kappa shape index (κ2) is 5.10. The van der Waals surface area contributed by atoms with Crippen LogP contribution in [-0.2, 0) is 0 Å². The van der Waals surface area contributed by atoms with Crippen molar-refractivity contribution in [3.8, 4) is 0 Å². The minimum atomic E-state index is 0.553. The van der Waals surface area contributed by atoms with Gasteiger partial charge in [0.05, 0.1) is 0 Å². The minimum absolute atomic E-state index is 0.553. The van der Waals surface area contributed by atoms with Gasteiger partial charge in [-0.25, -0.2) is 0 Å². The van der Waals surface area contributed by atoms with Crippen molar-refractivity contribution in [3.63, 3.8) is 0 Å². The fourth-order valence-electron chi connectivity index (χ4n) is 2.13. The van der Waals surface area contributed by atoms with Gasteiger partial charge < -0.3 is 5.32 Å². The van der Waals surface area contributed by atoms with E-state index in [9.17, 15) is 0 Å². The Hall–Kier alpha value is -0.380. The number of halogens is 1. The van der Waals surface area contributed by atoms with Gasteiger partial charge in [-0.1, -0.05) is 28.1 Å². The molecule has 82 valence electrons. The van der Waals surface area contributed by atoms with Crippen LogP contribution in [-0.4, -0.2) is 31.6 Å². The van der Waals surface area contributed by atoms with Crippen molar-refractivity contribution in [2.24, 2.45) is 0 Å². The first-order valence-electron chi connectivity index (χ1n) is 5.44. The lowest BCUT2D eigenvalue weighted by molar-refractivity contribution is 0.258. The summed E-state index contributed by atoms with van der Waals surface area (Å²) in [4.78, 5) is 2.43. The Morgan fingerprint density at radius 3 is 3.07 bits per heavy atom. The molecule has 0 bridgehead atoms. The highest BCUT2D eigenvalue weighted by Crippen LogP contribution is 2.25. The summed E-state index contributed by atoms with van der Waals surface area (Å²) in [5.41, 5.74) is 1.41. The predicted molar refractivity (Wildman–Crippen MR) is 67.0 cm³/mol. The lowest BCUT2D eigenvalue weighted by Crippen LogP contribution is -2.26. The molecule has 1 aliphatic heterocycles. The quantitative estimate of drug-likeness (QED) is 0.842. The maximum Gasteiger partial charge on any atom is 0.0358 e. The minimum Gasteiger partial charge on any atom is -0.315 e. The second-order valence-corrected chi connectivity index (χ2v) is 5.01. The van der Waals surface area contributed by atoms with Crippen LogP contribution in [0.2, 0.25) is 0 Å². The molecule has 3 heteroatoms. The van der Waals surface area contributed by atoms with Crippen molar-refractivity contribution in [1.82, 2.24) is 10.2 Å². The Bertz CT molecular complexity index is 327. The third kappa shape index (κ3) is 2.80. The SMILES string of the molecule is CN1CCNCCC1c1cccc(Br)c1. The zero-order valence-corrected chi connectivity index (χ0v) is 10.6. The summed E-state index contributed by atoms with van der Waals surface area (Å²) in [5.74, 6) is 0. The fraction of sp³-hybridized carbons (Fsp3) is 0.500. The number of likely N-dealkylation sites (N-methyl/N-ethyl adjacent to an activating group) is 1. The maximum atomic E-state index is 3.53. The average Bonchev–Trinajstić information content (AvgIpc) is 2.43. The van der Waals surface area contributed by atoms with Crippen molar-refractivity contribution in [2.45, 2.75) is 12.5 Å². The summed E-state index contributed by atoms with van der Waals surface area (Å²) in [7, 11) is 2.21. The molecule has 1 heterocycles. The summed E-state index contributed by atoms with van der Waals surface area (Å²) in [6.45, 7) is 3.33. The molecule has 1 atom stereocenters. The van der Waals surface area contributed by atoms with E-state index in [4.69, 9.17) is 0 Å². The standard InChI is InChI=1S/C12H17BrN2/c1-15-8-7-14-6-5-12(15)10-3-2-4-11(13)9-10/h2-4,9,12,14H,5-8H2,1H3. The summed E-state index contributed by atoms with van der Waals surface area (Å²) in [6.07, 6.45) is 1.19. The van der Waals surface area contributed by atoms with Crippen LogP contribution in [0.5, 0.6) is 0 Å². The van der Waals surface area contributed by atoms with Gasteiger partial charge in [0.1, 0.15) is 0 Å². The largest absolute Gasteiger partial charge is 0.315 e. The Kier molecular flexibility index (Phi) is 3.78. The molecule has 0 aliphatic carbocycles. The van der Waals surface area contributed by atoms with Gasteiger partial charge in [-0.2, -0.15) is 0 Å². The van der Waals surface area contributed by atoms with E-state index in [1.54, 1.807) is 0 Å². The topological polar surface area (TPSA) is 15.3 Å². The molecule has 1 N–H and O–H groups in total. The molecule has 0 saturated carbocycles. The highest BCUT2D eigenvalue weighted by Gasteiger charge is 2.18. The molecule has 1 aromatic rings. The van der Waals surface area contributed by atoms with E-state index in [1.807, 2.05) is 0 Å². The number of nitrogens with zero attached hydrogens (tertiary/aromatic N) is 1. The molecule has 0 aromatic heterocycles. The summed E-state index contributed by atoms with van der Waals surface area (Å²) in [5, 5.41) is 3.44. The van der Waals surface area contributed by atoms with Crippen molar-refractivity contribution in [1.29, 1.82) is 0 Å². The van der Waals surface area contributed by atoms with Gasteiger partial charge in [0, 0.05) is 23.6 Å². The summed E-state index contributed by atoms with van der Waals surface area (Å²) < 4.78 is 1.17. The van der Waals surface area contributed by atoms with Gasteiger partial charge >= 0.3 is 0 Å². The summed E-state index contributed by atoms with van der Waals surface area (Å²) in [6, 6.07) is 9.20. The number of rotatable bonds is 1. The molecular weight excluding hydrogens is 252 g/mol.